The van der Waals surface area contributed by atoms with Crippen molar-refractivity contribution in [2.45, 2.75) is 30.0 Å². The first-order valence-electron chi connectivity index (χ1n) is 4.83. The van der Waals surface area contributed by atoms with E-state index >= 15 is 0 Å². The average molecular weight is 231 g/mol. The molecule has 0 aliphatic heterocycles. The fourth-order valence-electron chi connectivity index (χ4n) is 1.10. The number of halogens is 2. The lowest BCUT2D eigenvalue weighted by Crippen LogP contribution is -2.30. The van der Waals surface area contributed by atoms with E-state index in [1.165, 1.54) is 17.8 Å². The van der Waals surface area contributed by atoms with Gasteiger partial charge in [-0.25, -0.2) is 8.78 Å². The Labute approximate surface area is 93.3 Å². The van der Waals surface area contributed by atoms with Crippen LogP contribution in [0, 0.1) is 11.6 Å². The van der Waals surface area contributed by atoms with E-state index in [-0.39, 0.29) is 0 Å². The van der Waals surface area contributed by atoms with Crippen LogP contribution in [0.2, 0.25) is 0 Å². The van der Waals surface area contributed by atoms with Crippen LogP contribution in [0.1, 0.15) is 13.8 Å². The smallest absolute Gasteiger partial charge is 0.159 e. The minimum Gasteiger partial charge on any atom is -0.316 e. The van der Waals surface area contributed by atoms with Crippen molar-refractivity contribution in [2.24, 2.45) is 0 Å². The third kappa shape index (κ3) is 3.47. The first-order chi connectivity index (χ1) is 7.04. The molecule has 1 nitrogen and oxygen atoms in total. The molecule has 0 amide bonds. The number of rotatable bonds is 4. The topological polar surface area (TPSA) is 12.0 Å². The highest BCUT2D eigenvalue weighted by molar-refractivity contribution is 8.00. The quantitative estimate of drug-likeness (QED) is 0.799. The van der Waals surface area contributed by atoms with Gasteiger partial charge < -0.3 is 5.32 Å². The maximum atomic E-state index is 12.9. The lowest BCUT2D eigenvalue weighted by atomic mass is 10.3. The first-order valence-corrected chi connectivity index (χ1v) is 5.71. The molecule has 0 radical (unpaired) electrons. The van der Waals surface area contributed by atoms with Crippen LogP contribution in [0.25, 0.3) is 0 Å². The van der Waals surface area contributed by atoms with Crippen LogP contribution in [0.4, 0.5) is 8.78 Å². The number of hydrogen-bond donors (Lipinski definition) is 1. The van der Waals surface area contributed by atoms with Gasteiger partial charge in [-0.2, -0.15) is 0 Å². The fraction of sp³-hybridized carbons (Fsp3) is 0.455. The number of thioether (sulfide) groups is 1. The predicted octanol–water partition coefficient (Wildman–Crippen LogP) is 3.05. The van der Waals surface area contributed by atoms with Crippen molar-refractivity contribution in [3.8, 4) is 0 Å². The van der Waals surface area contributed by atoms with E-state index in [1.807, 2.05) is 14.0 Å². The molecule has 0 fully saturated rings. The van der Waals surface area contributed by atoms with Gasteiger partial charge in [-0.3, -0.25) is 0 Å². The van der Waals surface area contributed by atoms with Gasteiger partial charge in [-0.1, -0.05) is 6.92 Å². The first kappa shape index (κ1) is 12.5. The summed E-state index contributed by atoms with van der Waals surface area (Å²) in [5.74, 6) is -1.59. The summed E-state index contributed by atoms with van der Waals surface area (Å²) in [6, 6.07) is 4.32. The van der Waals surface area contributed by atoms with Crippen molar-refractivity contribution in [1.29, 1.82) is 0 Å². The molecule has 0 spiro atoms. The molecule has 2 atom stereocenters. The summed E-state index contributed by atoms with van der Waals surface area (Å²) in [5, 5.41) is 3.43. The van der Waals surface area contributed by atoms with Crippen LogP contribution >= 0.6 is 11.8 Å². The molecular formula is C11H15F2NS. The highest BCUT2D eigenvalue weighted by Gasteiger charge is 2.12. The van der Waals surface area contributed by atoms with Gasteiger partial charge in [0.05, 0.1) is 0 Å². The summed E-state index contributed by atoms with van der Waals surface area (Å²) in [4.78, 5) is 0.753. The Morgan fingerprint density at radius 3 is 2.40 bits per heavy atom. The van der Waals surface area contributed by atoms with Crippen LogP contribution < -0.4 is 5.32 Å². The van der Waals surface area contributed by atoms with Gasteiger partial charge in [0.1, 0.15) is 0 Å². The Hall–Kier alpha value is -0.610. The lowest BCUT2D eigenvalue weighted by molar-refractivity contribution is 0.505. The zero-order valence-corrected chi connectivity index (χ0v) is 9.87. The van der Waals surface area contributed by atoms with Gasteiger partial charge in [0.15, 0.2) is 11.6 Å². The lowest BCUT2D eigenvalue weighted by Gasteiger charge is -2.18. The molecule has 0 aliphatic carbocycles. The van der Waals surface area contributed by atoms with E-state index in [1.54, 1.807) is 6.07 Å². The van der Waals surface area contributed by atoms with Gasteiger partial charge >= 0.3 is 0 Å². The monoisotopic (exact) mass is 231 g/mol. The Morgan fingerprint density at radius 2 is 1.87 bits per heavy atom. The molecule has 1 N–H and O–H groups in total. The Balaban J connectivity index is 2.68. The molecule has 1 rings (SSSR count). The molecule has 1 aromatic carbocycles. The van der Waals surface area contributed by atoms with E-state index in [4.69, 9.17) is 0 Å². The van der Waals surface area contributed by atoms with Crippen molar-refractivity contribution < 1.29 is 8.78 Å². The van der Waals surface area contributed by atoms with Gasteiger partial charge in [-0.05, 0) is 32.2 Å². The van der Waals surface area contributed by atoms with Crippen molar-refractivity contribution in [3.05, 3.63) is 29.8 Å². The molecular weight excluding hydrogens is 216 g/mol. The molecule has 0 aromatic heterocycles. The van der Waals surface area contributed by atoms with E-state index < -0.39 is 11.6 Å². The van der Waals surface area contributed by atoms with Crippen molar-refractivity contribution >= 4 is 11.8 Å². The molecule has 0 saturated carbocycles. The van der Waals surface area contributed by atoms with Gasteiger partial charge in [0, 0.05) is 16.2 Å². The Bertz CT molecular complexity index is 330. The summed E-state index contributed by atoms with van der Waals surface area (Å²) in [6.45, 7) is 4.10. The summed E-state index contributed by atoms with van der Waals surface area (Å²) < 4.78 is 25.6. The normalized spacial score (nSPS) is 15.0. The summed E-state index contributed by atoms with van der Waals surface area (Å²) >= 11 is 1.53. The molecule has 4 heteroatoms. The van der Waals surface area contributed by atoms with E-state index in [0.717, 1.165) is 11.0 Å². The molecule has 1 aromatic rings. The molecule has 0 aliphatic rings. The largest absolute Gasteiger partial charge is 0.316 e. The third-order valence-electron chi connectivity index (χ3n) is 2.37. The minimum atomic E-state index is -0.798. The highest BCUT2D eigenvalue weighted by Crippen LogP contribution is 2.26. The second-order valence-electron chi connectivity index (χ2n) is 3.48. The predicted molar refractivity (Wildman–Crippen MR) is 60.2 cm³/mol. The third-order valence-corrected chi connectivity index (χ3v) is 3.68. The minimum absolute atomic E-state index is 0.305. The second-order valence-corrected chi connectivity index (χ2v) is 4.93. The zero-order valence-electron chi connectivity index (χ0n) is 9.05. The average Bonchev–Trinajstić information content (AvgIpc) is 2.22. The second kappa shape index (κ2) is 5.47. The molecule has 0 bridgehead atoms. The SMILES string of the molecule is CNC(C)C(C)Sc1ccc(F)c(F)c1. The maximum Gasteiger partial charge on any atom is 0.159 e. The fourth-order valence-corrected chi connectivity index (χ4v) is 2.19. The van der Waals surface area contributed by atoms with Crippen LogP contribution in [-0.4, -0.2) is 18.3 Å². The Kier molecular flexibility index (Phi) is 4.54. The molecule has 0 heterocycles. The van der Waals surface area contributed by atoms with Crippen molar-refractivity contribution in [2.75, 3.05) is 7.05 Å². The van der Waals surface area contributed by atoms with Crippen LogP contribution in [-0.2, 0) is 0 Å². The number of benzene rings is 1. The van der Waals surface area contributed by atoms with Crippen LogP contribution in [0.3, 0.4) is 0 Å². The van der Waals surface area contributed by atoms with Crippen molar-refractivity contribution in [3.63, 3.8) is 0 Å². The van der Waals surface area contributed by atoms with E-state index in [2.05, 4.69) is 12.2 Å². The molecule has 2 unspecified atom stereocenters. The number of nitrogens with one attached hydrogen (secondary N) is 1. The van der Waals surface area contributed by atoms with Gasteiger partial charge in [0.2, 0.25) is 0 Å². The molecule has 15 heavy (non-hydrogen) atoms. The molecule has 84 valence electrons. The van der Waals surface area contributed by atoms with E-state index in [0.29, 0.717) is 11.3 Å². The summed E-state index contributed by atoms with van der Waals surface area (Å²) in [7, 11) is 1.88. The van der Waals surface area contributed by atoms with Crippen LogP contribution in [0.5, 0.6) is 0 Å². The summed E-state index contributed by atoms with van der Waals surface area (Å²) in [5.41, 5.74) is 0. The zero-order chi connectivity index (χ0) is 11.4. The van der Waals surface area contributed by atoms with Gasteiger partial charge in [0.25, 0.3) is 0 Å². The highest BCUT2D eigenvalue weighted by atomic mass is 32.2. The Morgan fingerprint density at radius 1 is 1.20 bits per heavy atom. The molecule has 0 saturated heterocycles. The van der Waals surface area contributed by atoms with Crippen LogP contribution in [0.15, 0.2) is 23.1 Å². The number of hydrogen-bond acceptors (Lipinski definition) is 2. The van der Waals surface area contributed by atoms with Gasteiger partial charge in [-0.15, -0.1) is 11.8 Å². The summed E-state index contributed by atoms with van der Waals surface area (Å²) in [6.07, 6.45) is 0. The maximum absolute atomic E-state index is 12.9. The standard InChI is InChI=1S/C11H15F2NS/c1-7(14-3)8(2)15-9-4-5-10(12)11(13)6-9/h4-8,14H,1-3H3. The van der Waals surface area contributed by atoms with Crippen molar-refractivity contribution in [1.82, 2.24) is 5.32 Å². The van der Waals surface area contributed by atoms with E-state index in [9.17, 15) is 8.78 Å².